The van der Waals surface area contributed by atoms with Crippen LogP contribution in [0.4, 0.5) is 0 Å². The van der Waals surface area contributed by atoms with Gasteiger partial charge in [0, 0.05) is 24.3 Å². The highest BCUT2D eigenvalue weighted by Gasteiger charge is 2.32. The fourth-order valence-corrected chi connectivity index (χ4v) is 3.14. The number of aliphatic hydroxyl groups excluding tert-OH is 1. The molecule has 0 bridgehead atoms. The molecule has 3 atom stereocenters. The molecule has 0 radical (unpaired) electrons. The highest BCUT2D eigenvalue weighted by atomic mass is 16.3. The van der Waals surface area contributed by atoms with E-state index in [1.807, 2.05) is 19.9 Å². The number of piperidine rings is 1. The molecule has 0 aromatic carbocycles. The van der Waals surface area contributed by atoms with Crippen molar-refractivity contribution in [2.75, 3.05) is 0 Å². The van der Waals surface area contributed by atoms with Crippen molar-refractivity contribution in [1.82, 2.24) is 5.32 Å². The Morgan fingerprint density at radius 3 is 2.45 bits per heavy atom. The number of allylic oxidation sites excluding steroid dienone is 1. The van der Waals surface area contributed by atoms with Crippen LogP contribution in [-0.2, 0) is 14.4 Å². The van der Waals surface area contributed by atoms with Gasteiger partial charge in [-0.05, 0) is 24.7 Å². The van der Waals surface area contributed by atoms with Crippen LogP contribution in [0.5, 0.6) is 0 Å². The number of hydrogen-bond donors (Lipinski definition) is 2. The van der Waals surface area contributed by atoms with Gasteiger partial charge in [0.15, 0.2) is 5.78 Å². The fourth-order valence-electron chi connectivity index (χ4n) is 3.14. The number of carbonyl (C=O) groups excluding carboxylic acids is 3. The zero-order valence-electron chi connectivity index (χ0n) is 11.9. The van der Waals surface area contributed by atoms with Crippen LogP contribution in [0, 0.1) is 17.8 Å². The summed E-state index contributed by atoms with van der Waals surface area (Å²) in [6.07, 6.45) is 2.51. The lowest BCUT2D eigenvalue weighted by molar-refractivity contribution is -0.135. The molecule has 0 unspecified atom stereocenters. The van der Waals surface area contributed by atoms with Gasteiger partial charge in [0.1, 0.15) is 0 Å². The van der Waals surface area contributed by atoms with Crippen LogP contribution >= 0.6 is 0 Å². The van der Waals surface area contributed by atoms with Gasteiger partial charge in [0.25, 0.3) is 0 Å². The molecule has 1 aliphatic heterocycles. The number of ketones is 1. The van der Waals surface area contributed by atoms with Gasteiger partial charge in [-0.15, -0.1) is 0 Å². The standard InChI is InChI=1S/C15H21NO4/c1-8-3-9(2)15(20)11(4-8)12(17)5-10-6-13(18)16-14(19)7-10/h4,8-10,12,17H,3,5-7H2,1-2H3,(H,16,18,19)/t8-,9-,12+/m0/s1. The fraction of sp³-hybridized carbons (Fsp3) is 0.667. The second kappa shape index (κ2) is 5.87. The predicted octanol–water partition coefficient (Wildman–Crippen LogP) is 0.962. The van der Waals surface area contributed by atoms with Crippen molar-refractivity contribution in [1.29, 1.82) is 0 Å². The Morgan fingerprint density at radius 1 is 1.25 bits per heavy atom. The SMILES string of the molecule is C[C@@H]1C=C([C@H](O)CC2CC(=O)NC(=O)C2)C(=O)[C@@H](C)C1. The summed E-state index contributed by atoms with van der Waals surface area (Å²) >= 11 is 0. The Bertz CT molecular complexity index is 452. The lowest BCUT2D eigenvalue weighted by Gasteiger charge is -2.28. The maximum Gasteiger partial charge on any atom is 0.226 e. The first-order valence-electron chi connectivity index (χ1n) is 7.13. The van der Waals surface area contributed by atoms with Crippen molar-refractivity contribution >= 4 is 17.6 Å². The van der Waals surface area contributed by atoms with Crippen LogP contribution in [0.25, 0.3) is 0 Å². The van der Waals surface area contributed by atoms with Gasteiger partial charge in [0.05, 0.1) is 6.10 Å². The molecule has 2 N–H and O–H groups in total. The van der Waals surface area contributed by atoms with E-state index >= 15 is 0 Å². The molecule has 0 saturated carbocycles. The summed E-state index contributed by atoms with van der Waals surface area (Å²) in [5.74, 6) is -0.609. The van der Waals surface area contributed by atoms with Crippen molar-refractivity contribution in [3.05, 3.63) is 11.6 Å². The quantitative estimate of drug-likeness (QED) is 0.754. The molecular weight excluding hydrogens is 258 g/mol. The monoisotopic (exact) mass is 279 g/mol. The normalized spacial score (nSPS) is 29.9. The number of imide groups is 1. The molecule has 1 saturated heterocycles. The summed E-state index contributed by atoms with van der Waals surface area (Å²) in [6, 6.07) is 0. The Morgan fingerprint density at radius 2 is 1.85 bits per heavy atom. The number of amides is 2. The molecule has 5 heteroatoms. The topological polar surface area (TPSA) is 83.5 Å². The largest absolute Gasteiger partial charge is 0.388 e. The van der Waals surface area contributed by atoms with E-state index in [-0.39, 0.29) is 54.6 Å². The van der Waals surface area contributed by atoms with E-state index in [2.05, 4.69) is 5.32 Å². The minimum atomic E-state index is -0.878. The molecule has 0 aromatic rings. The molecule has 0 spiro atoms. The molecular formula is C15H21NO4. The van der Waals surface area contributed by atoms with E-state index in [9.17, 15) is 19.5 Å². The third kappa shape index (κ3) is 3.33. The van der Waals surface area contributed by atoms with Gasteiger partial charge >= 0.3 is 0 Å². The van der Waals surface area contributed by atoms with Crippen molar-refractivity contribution in [3.8, 4) is 0 Å². The van der Waals surface area contributed by atoms with Gasteiger partial charge < -0.3 is 5.11 Å². The van der Waals surface area contributed by atoms with E-state index in [0.29, 0.717) is 5.57 Å². The van der Waals surface area contributed by atoms with E-state index < -0.39 is 6.10 Å². The molecule has 110 valence electrons. The highest BCUT2D eigenvalue weighted by molar-refractivity contribution is 5.99. The summed E-state index contributed by atoms with van der Waals surface area (Å²) in [4.78, 5) is 34.7. The molecule has 2 amide bonds. The van der Waals surface area contributed by atoms with Crippen LogP contribution in [0.2, 0.25) is 0 Å². The molecule has 20 heavy (non-hydrogen) atoms. The summed E-state index contributed by atoms with van der Waals surface area (Å²) in [5, 5.41) is 12.5. The van der Waals surface area contributed by atoms with Gasteiger partial charge in [-0.2, -0.15) is 0 Å². The summed E-state index contributed by atoms with van der Waals surface area (Å²) in [6.45, 7) is 3.89. The molecule has 5 nitrogen and oxygen atoms in total. The third-order valence-corrected chi connectivity index (χ3v) is 4.06. The van der Waals surface area contributed by atoms with E-state index in [1.54, 1.807) is 0 Å². The van der Waals surface area contributed by atoms with Gasteiger partial charge in [-0.25, -0.2) is 0 Å². The Hall–Kier alpha value is -1.49. The summed E-state index contributed by atoms with van der Waals surface area (Å²) in [7, 11) is 0. The minimum Gasteiger partial charge on any atom is -0.388 e. The van der Waals surface area contributed by atoms with Gasteiger partial charge in [-0.3, -0.25) is 19.7 Å². The molecule has 1 heterocycles. The summed E-state index contributed by atoms with van der Waals surface area (Å²) in [5.41, 5.74) is 0.453. The van der Waals surface area contributed by atoms with Gasteiger partial charge in [-0.1, -0.05) is 19.9 Å². The highest BCUT2D eigenvalue weighted by Crippen LogP contribution is 2.30. The molecule has 0 aromatic heterocycles. The first-order chi connectivity index (χ1) is 9.36. The maximum atomic E-state index is 12.1. The number of aliphatic hydroxyl groups is 1. The van der Waals surface area contributed by atoms with Crippen molar-refractivity contribution in [2.45, 2.75) is 45.6 Å². The molecule has 2 rings (SSSR count). The zero-order valence-corrected chi connectivity index (χ0v) is 11.9. The average Bonchev–Trinajstić information content (AvgIpc) is 2.32. The number of hydrogen-bond acceptors (Lipinski definition) is 4. The Kier molecular flexibility index (Phi) is 4.38. The Balaban J connectivity index is 2.04. The number of Topliss-reactive ketones (excluding diaryl/α,β-unsaturated/α-hetero) is 1. The average molecular weight is 279 g/mol. The Labute approximate surface area is 118 Å². The number of rotatable bonds is 3. The third-order valence-electron chi connectivity index (χ3n) is 4.06. The van der Waals surface area contributed by atoms with Crippen LogP contribution in [0.1, 0.15) is 39.5 Å². The van der Waals surface area contributed by atoms with Gasteiger partial charge in [0.2, 0.25) is 11.8 Å². The molecule has 2 aliphatic rings. The molecule has 1 aliphatic carbocycles. The number of nitrogens with one attached hydrogen (secondary N) is 1. The van der Waals surface area contributed by atoms with Crippen LogP contribution in [0.3, 0.4) is 0 Å². The first-order valence-corrected chi connectivity index (χ1v) is 7.13. The van der Waals surface area contributed by atoms with E-state index in [1.165, 1.54) is 0 Å². The lowest BCUT2D eigenvalue weighted by atomic mass is 9.79. The number of carbonyl (C=O) groups is 3. The van der Waals surface area contributed by atoms with Crippen molar-refractivity contribution in [3.63, 3.8) is 0 Å². The second-order valence-electron chi connectivity index (χ2n) is 6.10. The van der Waals surface area contributed by atoms with Crippen LogP contribution < -0.4 is 5.32 Å². The van der Waals surface area contributed by atoms with Crippen molar-refractivity contribution < 1.29 is 19.5 Å². The van der Waals surface area contributed by atoms with E-state index in [0.717, 1.165) is 6.42 Å². The second-order valence-corrected chi connectivity index (χ2v) is 6.10. The van der Waals surface area contributed by atoms with Crippen LogP contribution in [0.15, 0.2) is 11.6 Å². The zero-order chi connectivity index (χ0) is 14.9. The predicted molar refractivity (Wildman–Crippen MR) is 72.5 cm³/mol. The van der Waals surface area contributed by atoms with Crippen molar-refractivity contribution in [2.24, 2.45) is 17.8 Å². The first kappa shape index (κ1) is 14.9. The minimum absolute atomic E-state index is 0.0119. The van der Waals surface area contributed by atoms with Crippen LogP contribution in [-0.4, -0.2) is 28.8 Å². The van der Waals surface area contributed by atoms with E-state index in [4.69, 9.17) is 0 Å². The lowest BCUT2D eigenvalue weighted by Crippen LogP contribution is -2.40. The maximum absolute atomic E-state index is 12.1. The molecule has 1 fully saturated rings. The summed E-state index contributed by atoms with van der Waals surface area (Å²) < 4.78 is 0. The smallest absolute Gasteiger partial charge is 0.226 e.